The molecule has 1 saturated carbocycles. The van der Waals surface area contributed by atoms with E-state index in [1.165, 1.54) is 0 Å². The Morgan fingerprint density at radius 2 is 1.88 bits per heavy atom. The molecule has 1 rings (SSSR count). The number of carbonyl (C=O) groups excluding carboxylic acids is 1. The average Bonchev–Trinajstić information content (AvgIpc) is 2.75. The van der Waals surface area contributed by atoms with E-state index in [1.54, 1.807) is 0 Å². The summed E-state index contributed by atoms with van der Waals surface area (Å²) in [6, 6.07) is 0. The zero-order valence-corrected chi connectivity index (χ0v) is 9.78. The number of aliphatic carboxylic acids is 1. The number of carboxylic acids is 1. The third-order valence-electron chi connectivity index (χ3n) is 3.12. The number of rotatable bonds is 7. The predicted molar refractivity (Wildman–Crippen MR) is 59.5 cm³/mol. The predicted octanol–water partition coefficient (Wildman–Crippen LogP) is -0.244. The van der Waals surface area contributed by atoms with Gasteiger partial charge in [0.2, 0.25) is 5.91 Å². The molecule has 0 aromatic carbocycles. The van der Waals surface area contributed by atoms with Gasteiger partial charge >= 0.3 is 5.97 Å². The second-order valence-electron chi connectivity index (χ2n) is 4.53. The van der Waals surface area contributed by atoms with Crippen LogP contribution < -0.4 is 5.32 Å². The first-order chi connectivity index (χ1) is 8.08. The lowest BCUT2D eigenvalue weighted by Crippen LogP contribution is -2.40. The SMILES string of the molecule is O=C(O)COCC(=O)NCC1(CO)CCCC1. The number of amides is 1. The number of nitrogens with one attached hydrogen (secondary N) is 1. The van der Waals surface area contributed by atoms with Crippen LogP contribution in [0.4, 0.5) is 0 Å². The average molecular weight is 245 g/mol. The number of ether oxygens (including phenoxy) is 1. The molecule has 1 aliphatic carbocycles. The molecule has 1 aliphatic rings. The summed E-state index contributed by atoms with van der Waals surface area (Å²) in [4.78, 5) is 21.5. The van der Waals surface area contributed by atoms with Crippen LogP contribution in [-0.4, -0.2) is 48.5 Å². The maximum absolute atomic E-state index is 11.3. The van der Waals surface area contributed by atoms with Crippen molar-refractivity contribution in [3.05, 3.63) is 0 Å². The molecule has 0 unspecified atom stereocenters. The Labute approximate surface area is 100.0 Å². The van der Waals surface area contributed by atoms with Crippen LogP contribution in [0.1, 0.15) is 25.7 Å². The zero-order valence-electron chi connectivity index (χ0n) is 9.78. The van der Waals surface area contributed by atoms with E-state index in [2.05, 4.69) is 10.1 Å². The molecule has 17 heavy (non-hydrogen) atoms. The van der Waals surface area contributed by atoms with Crippen molar-refractivity contribution in [3.8, 4) is 0 Å². The van der Waals surface area contributed by atoms with Crippen molar-refractivity contribution in [2.24, 2.45) is 5.41 Å². The van der Waals surface area contributed by atoms with E-state index in [9.17, 15) is 14.7 Å². The molecule has 98 valence electrons. The molecule has 0 radical (unpaired) electrons. The van der Waals surface area contributed by atoms with Gasteiger partial charge in [-0.25, -0.2) is 4.79 Å². The van der Waals surface area contributed by atoms with Gasteiger partial charge in [0.05, 0.1) is 6.61 Å². The monoisotopic (exact) mass is 245 g/mol. The van der Waals surface area contributed by atoms with Gasteiger partial charge in [-0.15, -0.1) is 0 Å². The minimum Gasteiger partial charge on any atom is -0.480 e. The Hall–Kier alpha value is -1.14. The summed E-state index contributed by atoms with van der Waals surface area (Å²) in [5.74, 6) is -1.44. The van der Waals surface area contributed by atoms with Crippen LogP contribution in [0.15, 0.2) is 0 Å². The largest absolute Gasteiger partial charge is 0.480 e. The second kappa shape index (κ2) is 6.56. The molecule has 0 bridgehead atoms. The van der Waals surface area contributed by atoms with Crippen molar-refractivity contribution in [1.29, 1.82) is 0 Å². The highest BCUT2D eigenvalue weighted by Gasteiger charge is 2.33. The van der Waals surface area contributed by atoms with Gasteiger partial charge in [0.25, 0.3) is 0 Å². The second-order valence-corrected chi connectivity index (χ2v) is 4.53. The minimum atomic E-state index is -1.10. The fourth-order valence-electron chi connectivity index (χ4n) is 2.08. The van der Waals surface area contributed by atoms with Crippen molar-refractivity contribution in [3.63, 3.8) is 0 Å². The molecule has 0 saturated heterocycles. The molecule has 0 aliphatic heterocycles. The van der Waals surface area contributed by atoms with Crippen molar-refractivity contribution in [2.75, 3.05) is 26.4 Å². The summed E-state index contributed by atoms with van der Waals surface area (Å²) < 4.78 is 4.66. The molecule has 1 fully saturated rings. The highest BCUT2D eigenvalue weighted by atomic mass is 16.5. The maximum atomic E-state index is 11.3. The van der Waals surface area contributed by atoms with Gasteiger partial charge in [-0.3, -0.25) is 4.79 Å². The van der Waals surface area contributed by atoms with E-state index in [0.717, 1.165) is 25.7 Å². The van der Waals surface area contributed by atoms with E-state index < -0.39 is 12.6 Å². The van der Waals surface area contributed by atoms with E-state index in [-0.39, 0.29) is 24.5 Å². The number of aliphatic hydroxyl groups is 1. The Kier molecular flexibility index (Phi) is 5.37. The van der Waals surface area contributed by atoms with Crippen LogP contribution >= 0.6 is 0 Å². The van der Waals surface area contributed by atoms with Gasteiger partial charge < -0.3 is 20.3 Å². The molecule has 6 heteroatoms. The van der Waals surface area contributed by atoms with Crippen LogP contribution in [-0.2, 0) is 14.3 Å². The van der Waals surface area contributed by atoms with Gasteiger partial charge in [-0.1, -0.05) is 12.8 Å². The molecule has 6 nitrogen and oxygen atoms in total. The van der Waals surface area contributed by atoms with Gasteiger partial charge in [0, 0.05) is 12.0 Å². The molecule has 0 atom stereocenters. The Morgan fingerprint density at radius 1 is 1.24 bits per heavy atom. The molecule has 1 amide bonds. The number of carbonyl (C=O) groups is 2. The summed E-state index contributed by atoms with van der Waals surface area (Å²) in [5.41, 5.74) is -0.192. The maximum Gasteiger partial charge on any atom is 0.329 e. The number of hydrogen-bond donors (Lipinski definition) is 3. The van der Waals surface area contributed by atoms with Crippen molar-refractivity contribution < 1.29 is 24.5 Å². The number of hydrogen-bond acceptors (Lipinski definition) is 4. The molecule has 0 heterocycles. The topological polar surface area (TPSA) is 95.9 Å². The number of aliphatic hydroxyl groups excluding tert-OH is 1. The quantitative estimate of drug-likeness (QED) is 0.575. The van der Waals surface area contributed by atoms with E-state index in [4.69, 9.17) is 5.11 Å². The Bertz CT molecular complexity index is 273. The van der Waals surface area contributed by atoms with Crippen LogP contribution in [0.25, 0.3) is 0 Å². The lowest BCUT2D eigenvalue weighted by molar-refractivity contribution is -0.143. The molecular weight excluding hydrogens is 226 g/mol. The molecular formula is C11H19NO5. The van der Waals surface area contributed by atoms with Gasteiger partial charge in [-0.05, 0) is 12.8 Å². The highest BCUT2D eigenvalue weighted by Crippen LogP contribution is 2.36. The minimum absolute atomic E-state index is 0.0727. The zero-order chi connectivity index (χ0) is 12.7. The summed E-state index contributed by atoms with van der Waals surface area (Å²) >= 11 is 0. The number of carboxylic acid groups (broad SMARTS) is 1. The highest BCUT2D eigenvalue weighted by molar-refractivity contribution is 5.77. The van der Waals surface area contributed by atoms with Crippen LogP contribution in [0.3, 0.4) is 0 Å². The van der Waals surface area contributed by atoms with Crippen LogP contribution in [0.2, 0.25) is 0 Å². The Balaban J connectivity index is 2.20. The Morgan fingerprint density at radius 3 is 2.41 bits per heavy atom. The standard InChI is InChI=1S/C11H19NO5/c13-8-11(3-1-2-4-11)7-12-9(14)5-17-6-10(15)16/h13H,1-8H2,(H,12,14)(H,15,16). The van der Waals surface area contributed by atoms with Crippen molar-refractivity contribution in [1.82, 2.24) is 5.32 Å². The lowest BCUT2D eigenvalue weighted by atomic mass is 9.87. The van der Waals surface area contributed by atoms with E-state index in [1.807, 2.05) is 0 Å². The van der Waals surface area contributed by atoms with E-state index in [0.29, 0.717) is 6.54 Å². The molecule has 3 N–H and O–H groups in total. The summed E-state index contributed by atoms with van der Waals surface area (Å²) in [5, 5.41) is 20.3. The molecule has 0 aromatic rings. The third kappa shape index (κ3) is 4.70. The van der Waals surface area contributed by atoms with Crippen molar-refractivity contribution >= 4 is 11.9 Å². The molecule has 0 aromatic heterocycles. The normalized spacial score (nSPS) is 17.9. The van der Waals surface area contributed by atoms with Gasteiger partial charge in [0.1, 0.15) is 13.2 Å². The third-order valence-corrected chi connectivity index (χ3v) is 3.12. The van der Waals surface area contributed by atoms with Crippen molar-refractivity contribution in [2.45, 2.75) is 25.7 Å². The fourth-order valence-corrected chi connectivity index (χ4v) is 2.08. The first-order valence-corrected chi connectivity index (χ1v) is 5.75. The lowest BCUT2D eigenvalue weighted by Gasteiger charge is -2.26. The van der Waals surface area contributed by atoms with Crippen LogP contribution in [0.5, 0.6) is 0 Å². The molecule has 0 spiro atoms. The van der Waals surface area contributed by atoms with Gasteiger partial charge in [-0.2, -0.15) is 0 Å². The first-order valence-electron chi connectivity index (χ1n) is 5.75. The van der Waals surface area contributed by atoms with Gasteiger partial charge in [0.15, 0.2) is 0 Å². The van der Waals surface area contributed by atoms with E-state index >= 15 is 0 Å². The van der Waals surface area contributed by atoms with Crippen LogP contribution in [0, 0.1) is 5.41 Å². The fraction of sp³-hybridized carbons (Fsp3) is 0.818. The first kappa shape index (κ1) is 13.9. The smallest absolute Gasteiger partial charge is 0.329 e. The summed E-state index contributed by atoms with van der Waals surface area (Å²) in [7, 11) is 0. The summed E-state index contributed by atoms with van der Waals surface area (Å²) in [6.07, 6.45) is 3.98. The summed E-state index contributed by atoms with van der Waals surface area (Å²) in [6.45, 7) is -0.228.